The molecule has 0 unspecified atom stereocenters. The number of esters is 1. The van der Waals surface area contributed by atoms with Crippen molar-refractivity contribution in [3.63, 3.8) is 0 Å². The van der Waals surface area contributed by atoms with Crippen molar-refractivity contribution in [3.8, 4) is 5.63 Å². The van der Waals surface area contributed by atoms with E-state index in [2.05, 4.69) is 10.4 Å². The molecule has 17 heavy (non-hydrogen) atoms. The molecule has 0 aliphatic heterocycles. The number of benzene rings is 1. The van der Waals surface area contributed by atoms with E-state index < -0.39 is 11.8 Å². The second kappa shape index (κ2) is 5.00. The quantitative estimate of drug-likeness (QED) is 0.609. The third-order valence-corrected chi connectivity index (χ3v) is 2.27. The third-order valence-electron chi connectivity index (χ3n) is 2.01. The van der Waals surface area contributed by atoms with Crippen LogP contribution in [0.15, 0.2) is 28.7 Å². The Bertz CT molecular complexity index is 671. The molecule has 6 heteroatoms. The van der Waals surface area contributed by atoms with E-state index >= 15 is 0 Å². The van der Waals surface area contributed by atoms with Gasteiger partial charge in [0.05, 0.1) is 0 Å². The average Bonchev–Trinajstić information content (AvgIpc) is 2.72. The van der Waals surface area contributed by atoms with E-state index in [1.807, 2.05) is 0 Å². The van der Waals surface area contributed by atoms with E-state index in [-0.39, 0.29) is 20.3 Å². The second-order valence-electron chi connectivity index (χ2n) is 3.12. The van der Waals surface area contributed by atoms with E-state index in [0.29, 0.717) is 11.0 Å². The molecule has 0 aliphatic carbocycles. The van der Waals surface area contributed by atoms with E-state index in [1.54, 1.807) is 0 Å². The molecular weight excluding hydrogens is 246 g/mol. The molecular formula is C11H6FO4P. The molecule has 0 spiro atoms. The Hall–Kier alpha value is -1.83. The van der Waals surface area contributed by atoms with Crippen LogP contribution in [0.25, 0.3) is 11.0 Å². The van der Waals surface area contributed by atoms with Gasteiger partial charge in [-0.1, -0.05) is 0 Å². The number of rotatable bonds is 2. The van der Waals surface area contributed by atoms with Crippen molar-refractivity contribution < 1.29 is 22.9 Å². The van der Waals surface area contributed by atoms with Crippen LogP contribution in [-0.2, 0) is 9.30 Å². The Morgan fingerprint density at radius 2 is 2.29 bits per heavy atom. The van der Waals surface area contributed by atoms with Gasteiger partial charge in [-0.2, -0.15) is 0 Å². The number of carbonyl (C=O) groups is 1. The van der Waals surface area contributed by atoms with E-state index in [0.717, 1.165) is 0 Å². The summed E-state index contributed by atoms with van der Waals surface area (Å²) in [5.74, 6) is -1.15. The number of halogens is 1. The first-order valence-electron chi connectivity index (χ1n) is 4.62. The normalized spacial score (nSPS) is 9.94. The van der Waals surface area contributed by atoms with Crippen LogP contribution in [0.3, 0.4) is 0 Å². The molecule has 1 heterocycles. The molecule has 2 aromatic rings. The molecule has 1 aromatic heterocycles. The van der Waals surface area contributed by atoms with Gasteiger partial charge in [0.25, 0.3) is 0 Å². The monoisotopic (exact) mass is 252 g/mol. The standard InChI is InChI=1S/C11H6FO4P/c12-8-1-2-9-7(5-8)6-10(16-9)11(13)15-3-4-17-14/h1-2,5-6H,3H2. The van der Waals surface area contributed by atoms with Crippen LogP contribution >= 0.6 is 7.92 Å². The van der Waals surface area contributed by atoms with Gasteiger partial charge in [-0.05, 0) is 0 Å². The number of furan rings is 1. The summed E-state index contributed by atoms with van der Waals surface area (Å²) in [5, 5.41) is 0.479. The van der Waals surface area contributed by atoms with Crippen molar-refractivity contribution in [1.82, 2.24) is 0 Å². The molecule has 0 aliphatic rings. The van der Waals surface area contributed by atoms with Crippen LogP contribution < -0.4 is 0 Å². The van der Waals surface area contributed by atoms with Gasteiger partial charge in [0.1, 0.15) is 0 Å². The molecule has 0 fully saturated rings. The summed E-state index contributed by atoms with van der Waals surface area (Å²) in [7, 11) is -0.333. The fourth-order valence-corrected chi connectivity index (χ4v) is 1.43. The Kier molecular flexibility index (Phi) is 3.43. The van der Waals surface area contributed by atoms with E-state index in [1.165, 1.54) is 24.3 Å². The van der Waals surface area contributed by atoms with Gasteiger partial charge in [-0.25, -0.2) is 0 Å². The average molecular weight is 252 g/mol. The van der Waals surface area contributed by atoms with Gasteiger partial charge >= 0.3 is 95.8 Å². The first-order valence-corrected chi connectivity index (χ1v) is 5.43. The Morgan fingerprint density at radius 3 is 3.06 bits per heavy atom. The predicted octanol–water partition coefficient (Wildman–Crippen LogP) is 2.98. The van der Waals surface area contributed by atoms with Gasteiger partial charge in [0.2, 0.25) is 0 Å². The first kappa shape index (κ1) is 11.6. The first-order chi connectivity index (χ1) is 8.20. The molecule has 0 atom stereocenters. The Morgan fingerprint density at radius 1 is 1.47 bits per heavy atom. The van der Waals surface area contributed by atoms with Crippen LogP contribution in [0.2, 0.25) is 0 Å². The maximum absolute atomic E-state index is 12.9. The minimum atomic E-state index is -0.710. The van der Waals surface area contributed by atoms with Crippen LogP contribution in [0, 0.1) is 11.4 Å². The topological polar surface area (TPSA) is 56.5 Å². The number of hydrogen-bond donors (Lipinski definition) is 0. The van der Waals surface area contributed by atoms with Gasteiger partial charge in [0, 0.05) is 0 Å². The van der Waals surface area contributed by atoms with Crippen LogP contribution in [-0.4, -0.2) is 12.6 Å². The number of fused-ring (bicyclic) bond motifs is 1. The van der Waals surface area contributed by atoms with Crippen molar-refractivity contribution in [2.45, 2.75) is 0 Å². The summed E-state index contributed by atoms with van der Waals surface area (Å²) in [5.41, 5.74) is 2.66. The molecule has 0 amide bonds. The molecule has 0 saturated heterocycles. The fourth-order valence-electron chi connectivity index (χ4n) is 1.31. The van der Waals surface area contributed by atoms with Gasteiger partial charge in [-0.15, -0.1) is 0 Å². The zero-order valence-corrected chi connectivity index (χ0v) is 9.37. The number of carbonyl (C=O) groups excluding carboxylic acids is 1. The third kappa shape index (κ3) is 2.64. The molecule has 0 N–H and O–H groups in total. The summed E-state index contributed by atoms with van der Waals surface area (Å²) >= 11 is 0. The van der Waals surface area contributed by atoms with Crippen LogP contribution in [0.4, 0.5) is 4.39 Å². The number of hydrogen-bond acceptors (Lipinski definition) is 4. The van der Waals surface area contributed by atoms with E-state index in [4.69, 9.17) is 4.42 Å². The summed E-state index contributed by atoms with van der Waals surface area (Å²) in [6.07, 6.45) is 0. The Balaban J connectivity index is 2.26. The summed E-state index contributed by atoms with van der Waals surface area (Å²) in [6, 6.07) is 5.30. The summed E-state index contributed by atoms with van der Waals surface area (Å²) < 4.78 is 32.8. The van der Waals surface area contributed by atoms with Crippen molar-refractivity contribution in [2.75, 3.05) is 6.61 Å². The maximum atomic E-state index is 12.9. The van der Waals surface area contributed by atoms with Gasteiger partial charge in [0.15, 0.2) is 0 Å². The van der Waals surface area contributed by atoms with Crippen molar-refractivity contribution >= 4 is 24.9 Å². The molecule has 1 aromatic carbocycles. The molecule has 0 bridgehead atoms. The second-order valence-corrected chi connectivity index (χ2v) is 3.62. The fraction of sp³-hybridized carbons (Fsp3) is 0.0909. The molecule has 2 rings (SSSR count). The molecule has 0 radical (unpaired) electrons. The molecule has 0 saturated carbocycles. The van der Waals surface area contributed by atoms with Crippen molar-refractivity contribution in [1.29, 1.82) is 0 Å². The minimum absolute atomic E-state index is 0.0324. The summed E-state index contributed by atoms with van der Waals surface area (Å²) in [4.78, 5) is 11.4. The molecule has 4 nitrogen and oxygen atoms in total. The summed E-state index contributed by atoms with van der Waals surface area (Å²) in [6.45, 7) is -0.199. The SMILES string of the molecule is O=P#CCOC(=O)c1cc2cc(F)ccc2o1. The van der Waals surface area contributed by atoms with Crippen molar-refractivity contribution in [2.24, 2.45) is 0 Å². The Labute approximate surface area is 96.5 Å². The predicted molar refractivity (Wildman–Crippen MR) is 57.9 cm³/mol. The van der Waals surface area contributed by atoms with Gasteiger partial charge in [-0.3, -0.25) is 0 Å². The molecule has 86 valence electrons. The van der Waals surface area contributed by atoms with E-state index in [9.17, 15) is 13.8 Å². The van der Waals surface area contributed by atoms with Gasteiger partial charge < -0.3 is 0 Å². The van der Waals surface area contributed by atoms with Crippen molar-refractivity contribution in [3.05, 3.63) is 35.8 Å². The number of ether oxygens (including phenoxy) is 1. The zero-order chi connectivity index (χ0) is 12.3. The van der Waals surface area contributed by atoms with Crippen LogP contribution in [0.1, 0.15) is 10.6 Å². The van der Waals surface area contributed by atoms with Crippen LogP contribution in [0.5, 0.6) is 0 Å². The zero-order valence-electron chi connectivity index (χ0n) is 8.47.